The molecule has 0 fully saturated rings. The van der Waals surface area contributed by atoms with E-state index in [0.717, 1.165) is 45.8 Å². The number of aliphatic hydroxyl groups is 1. The smallest absolute Gasteiger partial charge is 0.307 e. The number of esters is 1. The fourth-order valence-electron chi connectivity index (χ4n) is 1.96. The second-order valence-electron chi connectivity index (χ2n) is 5.25. The Morgan fingerprint density at radius 3 is 1.83 bits per heavy atom. The average Bonchev–Trinajstić information content (AvgIpc) is 2.55. The van der Waals surface area contributed by atoms with Crippen LogP contribution in [-0.2, 0) is 14.3 Å². The highest BCUT2D eigenvalue weighted by atomic mass is 16.6. The summed E-state index contributed by atoms with van der Waals surface area (Å²) in [5.41, 5.74) is 0. The molecule has 0 saturated heterocycles. The second-order valence-corrected chi connectivity index (χ2v) is 5.25. The van der Waals surface area contributed by atoms with Gasteiger partial charge in [-0.05, 0) is 20.4 Å². The van der Waals surface area contributed by atoms with Crippen LogP contribution in [0.15, 0.2) is 0 Å². The molecule has 0 aromatic carbocycles. The Morgan fingerprint density at radius 2 is 1.33 bits per heavy atom. The van der Waals surface area contributed by atoms with Crippen LogP contribution in [0.1, 0.15) is 26.7 Å². The molecule has 0 aromatic heterocycles. The van der Waals surface area contributed by atoms with E-state index in [2.05, 4.69) is 21.3 Å². The average molecular weight is 348 g/mol. The highest BCUT2D eigenvalue weighted by Crippen LogP contribution is 1.91. The van der Waals surface area contributed by atoms with Crippen molar-refractivity contribution in [1.29, 1.82) is 0 Å². The van der Waals surface area contributed by atoms with Crippen molar-refractivity contribution < 1.29 is 19.4 Å². The summed E-state index contributed by atoms with van der Waals surface area (Å²) in [7, 11) is 0. The SMILES string of the molecule is CCOC(=O)CCNCCNCCNCCNCCC(O)OCC. The van der Waals surface area contributed by atoms with Crippen LogP contribution >= 0.6 is 0 Å². The molecule has 0 aliphatic rings. The van der Waals surface area contributed by atoms with Crippen molar-refractivity contribution in [2.75, 3.05) is 65.6 Å². The Labute approximate surface area is 146 Å². The fourth-order valence-corrected chi connectivity index (χ4v) is 1.96. The first-order chi connectivity index (χ1) is 11.7. The van der Waals surface area contributed by atoms with Gasteiger partial charge in [0.25, 0.3) is 0 Å². The van der Waals surface area contributed by atoms with Gasteiger partial charge in [-0.3, -0.25) is 4.79 Å². The predicted octanol–water partition coefficient (Wildman–Crippen LogP) is -0.957. The monoisotopic (exact) mass is 348 g/mol. The van der Waals surface area contributed by atoms with E-state index >= 15 is 0 Å². The third-order valence-corrected chi connectivity index (χ3v) is 3.17. The molecule has 24 heavy (non-hydrogen) atoms. The molecule has 1 unspecified atom stereocenters. The number of ether oxygens (including phenoxy) is 2. The zero-order valence-electron chi connectivity index (χ0n) is 15.2. The lowest BCUT2D eigenvalue weighted by atomic mass is 10.4. The van der Waals surface area contributed by atoms with Crippen LogP contribution in [0.2, 0.25) is 0 Å². The maximum absolute atomic E-state index is 11.1. The fraction of sp³-hybridized carbons (Fsp3) is 0.938. The van der Waals surface area contributed by atoms with Gasteiger partial charge in [0.05, 0.1) is 13.0 Å². The number of carbonyl (C=O) groups excluding carboxylic acids is 1. The van der Waals surface area contributed by atoms with Gasteiger partial charge in [-0.1, -0.05) is 0 Å². The normalized spacial score (nSPS) is 12.3. The summed E-state index contributed by atoms with van der Waals surface area (Å²) in [4.78, 5) is 11.1. The molecule has 0 bridgehead atoms. The van der Waals surface area contributed by atoms with E-state index in [1.54, 1.807) is 0 Å². The lowest BCUT2D eigenvalue weighted by Crippen LogP contribution is -2.36. The molecule has 0 radical (unpaired) electrons. The van der Waals surface area contributed by atoms with E-state index in [9.17, 15) is 9.90 Å². The Hall–Kier alpha value is -0.770. The molecular weight excluding hydrogens is 312 g/mol. The van der Waals surface area contributed by atoms with Crippen molar-refractivity contribution in [1.82, 2.24) is 21.3 Å². The highest BCUT2D eigenvalue weighted by Gasteiger charge is 2.01. The van der Waals surface area contributed by atoms with Gasteiger partial charge in [0.1, 0.15) is 0 Å². The number of nitrogens with one attached hydrogen (secondary N) is 4. The standard InChI is InChI=1S/C16H36N4O4/c1-3-23-15(21)5-7-17-9-11-19-13-14-20-12-10-18-8-6-16(22)24-4-2/h15,17-21H,3-14H2,1-2H3. The number of hydrogen-bond donors (Lipinski definition) is 5. The Balaban J connectivity index is 3.09. The molecule has 8 heteroatoms. The molecular formula is C16H36N4O4. The van der Waals surface area contributed by atoms with Crippen molar-refractivity contribution in [3.63, 3.8) is 0 Å². The second kappa shape index (κ2) is 18.6. The van der Waals surface area contributed by atoms with Gasteiger partial charge in [-0.15, -0.1) is 0 Å². The molecule has 0 aromatic rings. The van der Waals surface area contributed by atoms with Crippen LogP contribution in [0.3, 0.4) is 0 Å². The zero-order valence-corrected chi connectivity index (χ0v) is 15.2. The quantitative estimate of drug-likeness (QED) is 0.123. The van der Waals surface area contributed by atoms with Gasteiger partial charge >= 0.3 is 5.97 Å². The van der Waals surface area contributed by atoms with Crippen molar-refractivity contribution in [2.45, 2.75) is 33.0 Å². The molecule has 5 N–H and O–H groups in total. The van der Waals surface area contributed by atoms with E-state index in [1.165, 1.54) is 0 Å². The molecule has 144 valence electrons. The number of carbonyl (C=O) groups is 1. The van der Waals surface area contributed by atoms with Crippen molar-refractivity contribution >= 4 is 5.97 Å². The first-order valence-corrected chi connectivity index (χ1v) is 8.98. The first kappa shape index (κ1) is 23.2. The van der Waals surface area contributed by atoms with Crippen LogP contribution in [0.4, 0.5) is 0 Å². The Kier molecular flexibility index (Phi) is 18.0. The van der Waals surface area contributed by atoms with Crippen LogP contribution in [0, 0.1) is 0 Å². The van der Waals surface area contributed by atoms with Crippen LogP contribution in [0.5, 0.6) is 0 Å². The van der Waals surface area contributed by atoms with Gasteiger partial charge < -0.3 is 35.8 Å². The largest absolute Gasteiger partial charge is 0.466 e. The number of rotatable bonds is 18. The molecule has 0 heterocycles. The van der Waals surface area contributed by atoms with Gasteiger partial charge in [-0.2, -0.15) is 0 Å². The Bertz CT molecular complexity index is 283. The minimum atomic E-state index is -0.662. The third kappa shape index (κ3) is 17.6. The van der Waals surface area contributed by atoms with Crippen LogP contribution in [0.25, 0.3) is 0 Å². The molecule has 0 spiro atoms. The van der Waals surface area contributed by atoms with Gasteiger partial charge in [0, 0.05) is 58.8 Å². The van der Waals surface area contributed by atoms with Crippen LogP contribution in [-0.4, -0.2) is 82.9 Å². The summed E-state index contributed by atoms with van der Waals surface area (Å²) >= 11 is 0. The number of aliphatic hydroxyl groups excluding tert-OH is 1. The van der Waals surface area contributed by atoms with Crippen molar-refractivity contribution in [3.05, 3.63) is 0 Å². The molecule has 0 aliphatic carbocycles. The van der Waals surface area contributed by atoms with Crippen LogP contribution < -0.4 is 21.3 Å². The summed E-state index contributed by atoms with van der Waals surface area (Å²) in [5.74, 6) is -0.150. The molecule has 0 aliphatic heterocycles. The molecule has 0 amide bonds. The lowest BCUT2D eigenvalue weighted by molar-refractivity contribution is -0.142. The maximum atomic E-state index is 11.1. The van der Waals surface area contributed by atoms with Crippen molar-refractivity contribution in [2.24, 2.45) is 0 Å². The summed E-state index contributed by atoms with van der Waals surface area (Å²) in [5, 5.41) is 22.5. The van der Waals surface area contributed by atoms with Crippen molar-refractivity contribution in [3.8, 4) is 0 Å². The molecule has 0 rings (SSSR count). The highest BCUT2D eigenvalue weighted by molar-refractivity contribution is 5.69. The van der Waals surface area contributed by atoms with E-state index in [4.69, 9.17) is 9.47 Å². The lowest BCUT2D eigenvalue weighted by Gasteiger charge is -2.11. The topological polar surface area (TPSA) is 104 Å². The number of hydrogen-bond acceptors (Lipinski definition) is 8. The minimum Gasteiger partial charge on any atom is -0.466 e. The van der Waals surface area contributed by atoms with E-state index in [0.29, 0.717) is 32.6 Å². The third-order valence-electron chi connectivity index (χ3n) is 3.17. The van der Waals surface area contributed by atoms with E-state index in [-0.39, 0.29) is 5.97 Å². The van der Waals surface area contributed by atoms with E-state index < -0.39 is 6.29 Å². The summed E-state index contributed by atoms with van der Waals surface area (Å²) in [6.07, 6.45) is 0.369. The molecule has 0 saturated carbocycles. The summed E-state index contributed by atoms with van der Waals surface area (Å²) < 4.78 is 9.88. The summed E-state index contributed by atoms with van der Waals surface area (Å²) in [6, 6.07) is 0. The van der Waals surface area contributed by atoms with Gasteiger partial charge in [0.2, 0.25) is 0 Å². The molecule has 8 nitrogen and oxygen atoms in total. The molecule has 1 atom stereocenters. The first-order valence-electron chi connectivity index (χ1n) is 8.98. The zero-order chi connectivity index (χ0) is 17.9. The Morgan fingerprint density at radius 1 is 0.833 bits per heavy atom. The predicted molar refractivity (Wildman–Crippen MR) is 95.0 cm³/mol. The van der Waals surface area contributed by atoms with E-state index in [1.807, 2.05) is 13.8 Å². The minimum absolute atomic E-state index is 0.150. The maximum Gasteiger partial charge on any atom is 0.307 e. The van der Waals surface area contributed by atoms with Gasteiger partial charge in [-0.25, -0.2) is 0 Å². The summed E-state index contributed by atoms with van der Waals surface area (Å²) in [6.45, 7) is 11.4. The van der Waals surface area contributed by atoms with Gasteiger partial charge in [0.15, 0.2) is 6.29 Å².